The number of carbonyl (C=O) groups excluding carboxylic acids is 1. The molecule has 2 aliphatic carbocycles. The maximum Gasteiger partial charge on any atom is 0.172 e. The zero-order valence-electron chi connectivity index (χ0n) is 8.72. The molecule has 0 N–H and O–H groups in total. The van der Waals surface area contributed by atoms with Gasteiger partial charge >= 0.3 is 0 Å². The van der Waals surface area contributed by atoms with Gasteiger partial charge in [0.15, 0.2) is 6.29 Å². The molecule has 0 atom stereocenters. The van der Waals surface area contributed by atoms with Crippen LogP contribution in [0.1, 0.15) is 54.2 Å². The maximum absolute atomic E-state index is 10.8. The Labute approximate surface area is 88.7 Å². The highest BCUT2D eigenvalue weighted by Gasteiger charge is 2.31. The van der Waals surface area contributed by atoms with Crippen molar-refractivity contribution < 1.29 is 4.79 Å². The molecule has 2 saturated carbocycles. The van der Waals surface area contributed by atoms with Crippen molar-refractivity contribution in [1.82, 2.24) is 15.0 Å². The monoisotopic (exact) mass is 205 g/mol. The van der Waals surface area contributed by atoms with Crippen LogP contribution in [0.5, 0.6) is 0 Å². The summed E-state index contributed by atoms with van der Waals surface area (Å²) < 4.78 is 1.96. The minimum atomic E-state index is 0.555. The third kappa shape index (κ3) is 1.80. The van der Waals surface area contributed by atoms with Crippen molar-refractivity contribution in [2.45, 2.75) is 44.6 Å². The first-order valence-electron chi connectivity index (χ1n) is 5.77. The van der Waals surface area contributed by atoms with Crippen LogP contribution in [0, 0.1) is 5.92 Å². The van der Waals surface area contributed by atoms with Crippen molar-refractivity contribution in [3.05, 3.63) is 11.4 Å². The average molecular weight is 205 g/mol. The Balaban J connectivity index is 1.78. The van der Waals surface area contributed by atoms with Crippen molar-refractivity contribution in [2.75, 3.05) is 0 Å². The van der Waals surface area contributed by atoms with Crippen molar-refractivity contribution in [3.8, 4) is 0 Å². The van der Waals surface area contributed by atoms with Gasteiger partial charge in [0.2, 0.25) is 0 Å². The Kier molecular flexibility index (Phi) is 2.08. The van der Waals surface area contributed by atoms with E-state index in [9.17, 15) is 4.79 Å². The van der Waals surface area contributed by atoms with Gasteiger partial charge in [-0.05, 0) is 25.2 Å². The summed E-state index contributed by atoms with van der Waals surface area (Å²) in [5.41, 5.74) is 1.65. The summed E-state index contributed by atoms with van der Waals surface area (Å²) in [5, 5.41) is 8.02. The van der Waals surface area contributed by atoms with Crippen LogP contribution >= 0.6 is 0 Å². The van der Waals surface area contributed by atoms with Crippen LogP contribution in [-0.4, -0.2) is 21.3 Å². The number of aromatic nitrogens is 3. The predicted molar refractivity (Wildman–Crippen MR) is 54.7 cm³/mol. The lowest BCUT2D eigenvalue weighted by molar-refractivity contribution is 0.111. The Hall–Kier alpha value is -1.19. The molecular formula is C11H15N3O. The van der Waals surface area contributed by atoms with E-state index in [1.807, 2.05) is 4.68 Å². The molecule has 3 rings (SSSR count). The molecule has 4 heteroatoms. The third-order valence-corrected chi connectivity index (χ3v) is 3.32. The second kappa shape index (κ2) is 3.43. The summed E-state index contributed by atoms with van der Waals surface area (Å²) in [7, 11) is 0. The van der Waals surface area contributed by atoms with Crippen LogP contribution in [0.3, 0.4) is 0 Å². The van der Waals surface area contributed by atoms with Gasteiger partial charge in [-0.1, -0.05) is 18.1 Å². The van der Waals surface area contributed by atoms with Crippen LogP contribution in [0.15, 0.2) is 0 Å². The first kappa shape index (κ1) is 9.07. The lowest BCUT2D eigenvalue weighted by atomic mass is 10.2. The van der Waals surface area contributed by atoms with E-state index < -0.39 is 0 Å². The van der Waals surface area contributed by atoms with E-state index in [0.29, 0.717) is 11.6 Å². The topological polar surface area (TPSA) is 47.8 Å². The molecule has 0 amide bonds. The molecule has 1 aromatic heterocycles. The third-order valence-electron chi connectivity index (χ3n) is 3.32. The normalized spacial score (nSPS) is 20.5. The van der Waals surface area contributed by atoms with E-state index >= 15 is 0 Å². The molecule has 0 unspecified atom stereocenters. The second-order valence-electron chi connectivity index (χ2n) is 4.71. The highest BCUT2D eigenvalue weighted by atomic mass is 16.1. The minimum Gasteiger partial charge on any atom is -0.296 e. The molecule has 15 heavy (non-hydrogen) atoms. The Morgan fingerprint density at radius 2 is 2.13 bits per heavy atom. The van der Waals surface area contributed by atoms with Crippen molar-refractivity contribution in [3.63, 3.8) is 0 Å². The van der Waals surface area contributed by atoms with Crippen molar-refractivity contribution >= 4 is 6.29 Å². The fourth-order valence-electron chi connectivity index (χ4n) is 2.07. The van der Waals surface area contributed by atoms with Crippen LogP contribution < -0.4 is 0 Å². The molecule has 2 fully saturated rings. The molecule has 0 spiro atoms. The van der Waals surface area contributed by atoms with E-state index in [1.165, 1.54) is 32.1 Å². The molecular weight excluding hydrogens is 190 g/mol. The molecule has 80 valence electrons. The number of rotatable bonds is 5. The summed E-state index contributed by atoms with van der Waals surface area (Å²) in [6.45, 7) is 0.942. The van der Waals surface area contributed by atoms with Gasteiger partial charge in [-0.2, -0.15) is 0 Å². The number of aryl methyl sites for hydroxylation is 1. The number of hydrogen-bond donors (Lipinski definition) is 0. The van der Waals surface area contributed by atoms with Crippen molar-refractivity contribution in [1.29, 1.82) is 0 Å². The number of nitrogens with zero attached hydrogens (tertiary/aromatic N) is 3. The first-order valence-corrected chi connectivity index (χ1v) is 5.77. The van der Waals surface area contributed by atoms with Gasteiger partial charge in [0, 0.05) is 12.5 Å². The maximum atomic E-state index is 10.8. The van der Waals surface area contributed by atoms with E-state index in [1.54, 1.807) is 0 Å². The molecule has 2 aliphatic rings. The summed E-state index contributed by atoms with van der Waals surface area (Å²) in [6, 6.07) is 0. The zero-order chi connectivity index (χ0) is 10.3. The van der Waals surface area contributed by atoms with Crippen molar-refractivity contribution in [2.24, 2.45) is 5.92 Å². The molecule has 1 aromatic rings. The largest absolute Gasteiger partial charge is 0.296 e. The van der Waals surface area contributed by atoms with Gasteiger partial charge in [-0.25, -0.2) is 4.68 Å². The van der Waals surface area contributed by atoms with Gasteiger partial charge in [-0.15, -0.1) is 5.10 Å². The molecule has 1 heterocycles. The SMILES string of the molecule is O=Cc1nnn(CCC2CC2)c1C1CC1. The summed E-state index contributed by atoms with van der Waals surface area (Å²) >= 11 is 0. The fourth-order valence-corrected chi connectivity index (χ4v) is 2.07. The van der Waals surface area contributed by atoms with E-state index in [4.69, 9.17) is 0 Å². The minimum absolute atomic E-state index is 0.555. The predicted octanol–water partition coefficient (Wildman–Crippen LogP) is 1.77. The standard InChI is InChI=1S/C11H15N3O/c15-7-10-11(9-3-4-9)14(13-12-10)6-5-8-1-2-8/h7-9H,1-6H2. The highest BCUT2D eigenvalue weighted by Crippen LogP contribution is 2.41. The van der Waals surface area contributed by atoms with E-state index in [0.717, 1.165) is 24.4 Å². The van der Waals surface area contributed by atoms with Crippen LogP contribution in [0.25, 0.3) is 0 Å². The highest BCUT2D eigenvalue weighted by molar-refractivity contribution is 5.73. The van der Waals surface area contributed by atoms with Gasteiger partial charge < -0.3 is 0 Å². The molecule has 0 aromatic carbocycles. The number of aldehydes is 1. The molecule has 4 nitrogen and oxygen atoms in total. The van der Waals surface area contributed by atoms with Crippen LogP contribution in [0.2, 0.25) is 0 Å². The van der Waals surface area contributed by atoms with Crippen LogP contribution in [0.4, 0.5) is 0 Å². The summed E-state index contributed by atoms with van der Waals surface area (Å²) in [4.78, 5) is 10.8. The fraction of sp³-hybridized carbons (Fsp3) is 0.727. The Morgan fingerprint density at radius 3 is 2.73 bits per heavy atom. The quantitative estimate of drug-likeness (QED) is 0.688. The molecule has 0 saturated heterocycles. The first-order chi connectivity index (χ1) is 7.38. The van der Waals surface area contributed by atoms with Gasteiger partial charge in [0.05, 0.1) is 5.69 Å². The zero-order valence-corrected chi connectivity index (χ0v) is 8.72. The summed E-state index contributed by atoms with van der Waals surface area (Å²) in [6.07, 6.45) is 7.16. The Morgan fingerprint density at radius 1 is 1.33 bits per heavy atom. The van der Waals surface area contributed by atoms with E-state index in [2.05, 4.69) is 10.3 Å². The lowest BCUT2D eigenvalue weighted by Gasteiger charge is -2.04. The molecule has 0 aliphatic heterocycles. The van der Waals surface area contributed by atoms with E-state index in [-0.39, 0.29) is 0 Å². The summed E-state index contributed by atoms with van der Waals surface area (Å²) in [5.74, 6) is 1.46. The average Bonchev–Trinajstić information content (AvgIpc) is 3.14. The second-order valence-corrected chi connectivity index (χ2v) is 4.71. The van der Waals surface area contributed by atoms with Gasteiger partial charge in [0.25, 0.3) is 0 Å². The van der Waals surface area contributed by atoms with Crippen LogP contribution in [-0.2, 0) is 6.54 Å². The number of hydrogen-bond acceptors (Lipinski definition) is 3. The number of carbonyl (C=O) groups is 1. The lowest BCUT2D eigenvalue weighted by Crippen LogP contribution is -2.06. The van der Waals surface area contributed by atoms with Gasteiger partial charge in [-0.3, -0.25) is 4.79 Å². The Bertz CT molecular complexity index is 377. The molecule has 0 radical (unpaired) electrons. The van der Waals surface area contributed by atoms with Gasteiger partial charge in [0.1, 0.15) is 5.69 Å². The molecule has 0 bridgehead atoms. The smallest absolute Gasteiger partial charge is 0.172 e.